The van der Waals surface area contributed by atoms with E-state index in [0.717, 1.165) is 12.8 Å². The second-order valence-electron chi connectivity index (χ2n) is 5.11. The number of hydrogen-bond acceptors (Lipinski definition) is 4. The van der Waals surface area contributed by atoms with Gasteiger partial charge in [0.1, 0.15) is 6.10 Å². The Morgan fingerprint density at radius 1 is 1.26 bits per heavy atom. The Balaban J connectivity index is 2.46. The van der Waals surface area contributed by atoms with Crippen molar-refractivity contribution in [1.82, 2.24) is 5.32 Å². The number of carboxylic acids is 1. The first kappa shape index (κ1) is 15.9. The van der Waals surface area contributed by atoms with Crippen molar-refractivity contribution in [3.8, 4) is 0 Å². The molecule has 1 rings (SSSR count). The van der Waals surface area contributed by atoms with Crippen molar-refractivity contribution >= 4 is 11.9 Å². The van der Waals surface area contributed by atoms with Gasteiger partial charge in [-0.25, -0.2) is 4.79 Å². The van der Waals surface area contributed by atoms with E-state index < -0.39 is 18.2 Å². The lowest BCUT2D eigenvalue weighted by Gasteiger charge is -2.30. The number of aliphatic carboxylic acids is 1. The highest BCUT2D eigenvalue weighted by Crippen LogP contribution is 2.25. The molecule has 1 heterocycles. The lowest BCUT2D eigenvalue weighted by Crippen LogP contribution is -2.43. The minimum absolute atomic E-state index is 0.0174. The highest BCUT2D eigenvalue weighted by atomic mass is 16.5. The van der Waals surface area contributed by atoms with Crippen LogP contribution < -0.4 is 5.32 Å². The van der Waals surface area contributed by atoms with E-state index in [1.807, 2.05) is 13.8 Å². The Kier molecular flexibility index (Phi) is 5.75. The Bertz CT molecular complexity index is 319. The normalized spacial score (nSPS) is 23.3. The van der Waals surface area contributed by atoms with Gasteiger partial charge in [-0.05, 0) is 25.7 Å². The molecule has 1 amide bonds. The van der Waals surface area contributed by atoms with Gasteiger partial charge in [0.25, 0.3) is 0 Å². The zero-order valence-corrected chi connectivity index (χ0v) is 11.5. The third-order valence-electron chi connectivity index (χ3n) is 4.06. The Labute approximate surface area is 113 Å². The lowest BCUT2D eigenvalue weighted by molar-refractivity contribution is -0.151. The zero-order chi connectivity index (χ0) is 14.5. The summed E-state index contributed by atoms with van der Waals surface area (Å²) in [5.41, 5.74) is -0.305. The summed E-state index contributed by atoms with van der Waals surface area (Å²) in [6.07, 6.45) is 0.752. The summed E-state index contributed by atoms with van der Waals surface area (Å²) in [5, 5.41) is 21.0. The van der Waals surface area contributed by atoms with Gasteiger partial charge in [-0.15, -0.1) is 0 Å². The molecule has 0 saturated carbocycles. The molecule has 3 N–H and O–H groups in total. The van der Waals surface area contributed by atoms with Gasteiger partial charge in [-0.3, -0.25) is 4.79 Å². The average molecular weight is 273 g/mol. The number of carbonyl (C=O) groups is 2. The smallest absolute Gasteiger partial charge is 0.332 e. The fraction of sp³-hybridized carbons (Fsp3) is 0.846. The van der Waals surface area contributed by atoms with Crippen LogP contribution in [0.5, 0.6) is 0 Å². The molecule has 0 radical (unpaired) electrons. The van der Waals surface area contributed by atoms with Gasteiger partial charge >= 0.3 is 5.97 Å². The van der Waals surface area contributed by atoms with E-state index in [-0.39, 0.29) is 17.9 Å². The quantitative estimate of drug-likeness (QED) is 0.629. The third-order valence-corrected chi connectivity index (χ3v) is 4.06. The standard InChI is InChI=1S/C13H23NO5/c1-3-13(4-2,8-15)7-14-11(16)9-5-6-10(19-9)12(17)18/h9-10,15H,3-8H2,1-2H3,(H,14,16)(H,17,18). The van der Waals surface area contributed by atoms with Crippen molar-refractivity contribution in [2.75, 3.05) is 13.2 Å². The topological polar surface area (TPSA) is 95.9 Å². The van der Waals surface area contributed by atoms with Gasteiger partial charge in [0.15, 0.2) is 6.10 Å². The van der Waals surface area contributed by atoms with Gasteiger partial charge in [0.2, 0.25) is 5.91 Å². The van der Waals surface area contributed by atoms with Crippen LogP contribution in [0.15, 0.2) is 0 Å². The first-order valence-electron chi connectivity index (χ1n) is 6.75. The van der Waals surface area contributed by atoms with Crippen molar-refractivity contribution in [3.05, 3.63) is 0 Å². The molecule has 0 aromatic carbocycles. The second-order valence-corrected chi connectivity index (χ2v) is 5.11. The molecule has 19 heavy (non-hydrogen) atoms. The molecule has 0 aliphatic carbocycles. The number of carbonyl (C=O) groups excluding carboxylic acids is 1. The molecule has 1 fully saturated rings. The largest absolute Gasteiger partial charge is 0.479 e. The second kappa shape index (κ2) is 6.86. The first-order chi connectivity index (χ1) is 8.98. The molecule has 1 aliphatic rings. The number of aliphatic hydroxyl groups is 1. The van der Waals surface area contributed by atoms with Gasteiger partial charge in [-0.1, -0.05) is 13.8 Å². The Hall–Kier alpha value is -1.14. The first-order valence-corrected chi connectivity index (χ1v) is 6.75. The number of nitrogens with one attached hydrogen (secondary N) is 1. The van der Waals surface area contributed by atoms with Crippen LogP contribution in [0.4, 0.5) is 0 Å². The lowest BCUT2D eigenvalue weighted by atomic mass is 9.83. The molecule has 0 bridgehead atoms. The molecule has 6 nitrogen and oxygen atoms in total. The molecule has 6 heteroatoms. The van der Waals surface area contributed by atoms with Crippen molar-refractivity contribution in [3.63, 3.8) is 0 Å². The predicted octanol–water partition coefficient (Wildman–Crippen LogP) is 0.533. The van der Waals surface area contributed by atoms with Crippen LogP contribution in [0.1, 0.15) is 39.5 Å². The molecule has 0 aromatic rings. The molecule has 1 aliphatic heterocycles. The molecular weight excluding hydrogens is 250 g/mol. The molecule has 0 spiro atoms. The van der Waals surface area contributed by atoms with E-state index in [0.29, 0.717) is 19.4 Å². The van der Waals surface area contributed by atoms with Crippen LogP contribution in [0.2, 0.25) is 0 Å². The summed E-state index contributed by atoms with van der Waals surface area (Å²) >= 11 is 0. The molecule has 0 aromatic heterocycles. The molecule has 2 unspecified atom stereocenters. The fourth-order valence-corrected chi connectivity index (χ4v) is 2.18. The Morgan fingerprint density at radius 3 is 2.26 bits per heavy atom. The summed E-state index contributed by atoms with van der Waals surface area (Å²) in [4.78, 5) is 22.6. The molecule has 1 saturated heterocycles. The maximum Gasteiger partial charge on any atom is 0.332 e. The van der Waals surface area contributed by atoms with Gasteiger partial charge in [-0.2, -0.15) is 0 Å². The van der Waals surface area contributed by atoms with Crippen LogP contribution in [0.3, 0.4) is 0 Å². The van der Waals surface area contributed by atoms with E-state index in [4.69, 9.17) is 9.84 Å². The molecule has 110 valence electrons. The van der Waals surface area contributed by atoms with E-state index in [9.17, 15) is 14.7 Å². The number of hydrogen-bond donors (Lipinski definition) is 3. The molecular formula is C13H23NO5. The van der Waals surface area contributed by atoms with Crippen molar-refractivity contribution < 1.29 is 24.5 Å². The average Bonchev–Trinajstić information content (AvgIpc) is 2.90. The van der Waals surface area contributed by atoms with E-state index >= 15 is 0 Å². The minimum Gasteiger partial charge on any atom is -0.479 e. The summed E-state index contributed by atoms with van der Waals surface area (Å²) < 4.78 is 5.18. The van der Waals surface area contributed by atoms with E-state index in [1.54, 1.807) is 0 Å². The number of carboxylic acid groups (broad SMARTS) is 1. The fourth-order valence-electron chi connectivity index (χ4n) is 2.18. The predicted molar refractivity (Wildman–Crippen MR) is 68.6 cm³/mol. The maximum atomic E-state index is 11.9. The van der Waals surface area contributed by atoms with Crippen molar-refractivity contribution in [2.45, 2.75) is 51.7 Å². The van der Waals surface area contributed by atoms with Crippen LogP contribution in [0.25, 0.3) is 0 Å². The number of ether oxygens (including phenoxy) is 1. The highest BCUT2D eigenvalue weighted by Gasteiger charge is 2.35. The number of amides is 1. The van der Waals surface area contributed by atoms with Gasteiger partial charge in [0.05, 0.1) is 6.61 Å². The van der Waals surface area contributed by atoms with Crippen molar-refractivity contribution in [1.29, 1.82) is 0 Å². The third kappa shape index (κ3) is 3.91. The Morgan fingerprint density at radius 2 is 1.84 bits per heavy atom. The zero-order valence-electron chi connectivity index (χ0n) is 11.5. The van der Waals surface area contributed by atoms with Crippen LogP contribution in [0, 0.1) is 5.41 Å². The monoisotopic (exact) mass is 273 g/mol. The van der Waals surface area contributed by atoms with Crippen LogP contribution in [-0.4, -0.2) is 47.4 Å². The van der Waals surface area contributed by atoms with Crippen LogP contribution >= 0.6 is 0 Å². The summed E-state index contributed by atoms with van der Waals surface area (Å²) in [6.45, 7) is 4.34. The SMILES string of the molecule is CCC(CC)(CO)CNC(=O)C1CCC(C(=O)O)O1. The summed E-state index contributed by atoms with van der Waals surface area (Å²) in [6, 6.07) is 0. The summed E-state index contributed by atoms with van der Waals surface area (Å²) in [5.74, 6) is -1.31. The maximum absolute atomic E-state index is 11.9. The van der Waals surface area contributed by atoms with Gasteiger partial charge in [0, 0.05) is 12.0 Å². The van der Waals surface area contributed by atoms with Gasteiger partial charge < -0.3 is 20.3 Å². The van der Waals surface area contributed by atoms with E-state index in [2.05, 4.69) is 5.32 Å². The highest BCUT2D eigenvalue weighted by molar-refractivity contribution is 5.82. The number of rotatable bonds is 7. The minimum atomic E-state index is -1.03. The van der Waals surface area contributed by atoms with E-state index in [1.165, 1.54) is 0 Å². The van der Waals surface area contributed by atoms with Crippen molar-refractivity contribution in [2.24, 2.45) is 5.41 Å². The summed E-state index contributed by atoms with van der Waals surface area (Å²) in [7, 11) is 0. The molecule has 2 atom stereocenters. The van der Waals surface area contributed by atoms with Crippen LogP contribution in [-0.2, 0) is 14.3 Å². The number of aliphatic hydroxyl groups excluding tert-OH is 1.